The molecule has 2 saturated heterocycles. The number of anilines is 2. The third-order valence-electron chi connectivity index (χ3n) is 6.64. The Labute approximate surface area is 219 Å². The summed E-state index contributed by atoms with van der Waals surface area (Å²) in [6.45, 7) is 7.88. The van der Waals surface area contributed by atoms with Crippen LogP contribution in [-0.4, -0.2) is 85.1 Å². The standard InChI is InChI=1S/C26H33F3N4O5/c1-16-4-5-20(30-25(35)33-7-6-21(15-33)38-26(27,28)29)14-22(16)19-12-23(32-8-10-36-11-9-32)31-24(13-19)37-18(3)17(2)34/h4-5,12-14,17-18,21,34H,6-11,15H2,1-3H3,(H,30,35)/t17-,18-,21+/m1/s1. The number of aliphatic hydroxyl groups excluding tert-OH is 1. The number of hydrogen-bond donors (Lipinski definition) is 2. The van der Waals surface area contributed by atoms with Gasteiger partial charge in [-0.05, 0) is 62.1 Å². The molecule has 3 heterocycles. The number of aliphatic hydroxyl groups is 1. The van der Waals surface area contributed by atoms with E-state index in [-0.39, 0.29) is 19.5 Å². The number of amides is 2. The quantitative estimate of drug-likeness (QED) is 0.546. The molecule has 1 aromatic carbocycles. The molecule has 12 heteroatoms. The number of likely N-dealkylation sites (tertiary alicyclic amines) is 1. The van der Waals surface area contributed by atoms with Gasteiger partial charge in [0.2, 0.25) is 5.88 Å². The number of morpholine rings is 1. The second-order valence-corrected chi connectivity index (χ2v) is 9.60. The molecule has 3 atom stereocenters. The van der Waals surface area contributed by atoms with Crippen molar-refractivity contribution in [3.63, 3.8) is 0 Å². The van der Waals surface area contributed by atoms with E-state index in [1.807, 2.05) is 25.1 Å². The maximum Gasteiger partial charge on any atom is 0.522 e. The van der Waals surface area contributed by atoms with E-state index in [2.05, 4.69) is 19.9 Å². The molecular weight excluding hydrogens is 505 g/mol. The molecule has 4 rings (SSSR count). The molecule has 0 saturated carbocycles. The van der Waals surface area contributed by atoms with Crippen LogP contribution in [0.1, 0.15) is 25.8 Å². The third kappa shape index (κ3) is 7.27. The highest BCUT2D eigenvalue weighted by Crippen LogP contribution is 2.33. The number of aryl methyl sites for hydroxylation is 1. The highest BCUT2D eigenvalue weighted by atomic mass is 19.4. The molecule has 2 aromatic rings. The Hall–Kier alpha value is -3.09. The summed E-state index contributed by atoms with van der Waals surface area (Å²) in [6, 6.07) is 8.65. The minimum atomic E-state index is -4.73. The van der Waals surface area contributed by atoms with Gasteiger partial charge < -0.3 is 29.7 Å². The number of ether oxygens (including phenoxy) is 3. The van der Waals surface area contributed by atoms with Gasteiger partial charge in [-0.25, -0.2) is 4.79 Å². The molecule has 2 N–H and O–H groups in total. The van der Waals surface area contributed by atoms with Crippen molar-refractivity contribution >= 4 is 17.5 Å². The number of aromatic nitrogens is 1. The van der Waals surface area contributed by atoms with Crippen molar-refractivity contribution in [2.24, 2.45) is 0 Å². The average molecular weight is 539 g/mol. The molecule has 208 valence electrons. The van der Waals surface area contributed by atoms with Crippen LogP contribution in [0, 0.1) is 6.92 Å². The number of pyridine rings is 1. The maximum absolute atomic E-state index is 12.8. The number of halogens is 3. The predicted molar refractivity (Wildman–Crippen MR) is 135 cm³/mol. The van der Waals surface area contributed by atoms with Gasteiger partial charge in [-0.3, -0.25) is 4.74 Å². The number of nitrogens with one attached hydrogen (secondary N) is 1. The number of hydrogen-bond acceptors (Lipinski definition) is 7. The highest BCUT2D eigenvalue weighted by Gasteiger charge is 2.37. The van der Waals surface area contributed by atoms with Crippen molar-refractivity contribution in [3.8, 4) is 17.0 Å². The fourth-order valence-electron chi connectivity index (χ4n) is 4.36. The van der Waals surface area contributed by atoms with Crippen LogP contribution < -0.4 is 15.0 Å². The number of carbonyl (C=O) groups is 1. The fourth-order valence-corrected chi connectivity index (χ4v) is 4.36. The van der Waals surface area contributed by atoms with Gasteiger partial charge in [0.25, 0.3) is 0 Å². The van der Waals surface area contributed by atoms with Crippen LogP contribution in [0.5, 0.6) is 5.88 Å². The molecule has 1 aromatic heterocycles. The summed E-state index contributed by atoms with van der Waals surface area (Å²) >= 11 is 0. The molecule has 9 nitrogen and oxygen atoms in total. The van der Waals surface area contributed by atoms with Gasteiger partial charge in [0.05, 0.1) is 25.4 Å². The summed E-state index contributed by atoms with van der Waals surface area (Å²) in [5.41, 5.74) is 3.08. The molecule has 0 bridgehead atoms. The molecular formula is C26H33F3N4O5. The second-order valence-electron chi connectivity index (χ2n) is 9.60. The number of benzene rings is 1. The average Bonchev–Trinajstić information content (AvgIpc) is 3.32. The summed E-state index contributed by atoms with van der Waals surface area (Å²) < 4.78 is 53.1. The minimum Gasteiger partial charge on any atom is -0.472 e. The summed E-state index contributed by atoms with van der Waals surface area (Å²) in [6.07, 6.45) is -6.87. The molecule has 0 spiro atoms. The Morgan fingerprint density at radius 2 is 1.92 bits per heavy atom. The number of nitrogens with zero attached hydrogens (tertiary/aromatic N) is 3. The Balaban J connectivity index is 1.56. The van der Waals surface area contributed by atoms with Gasteiger partial charge in [0.1, 0.15) is 11.9 Å². The Bertz CT molecular complexity index is 1120. The number of alkyl halides is 3. The SMILES string of the molecule is Cc1ccc(NC(=O)N2CC[C@H](OC(F)(F)F)C2)cc1-c1cc(O[C@H](C)[C@@H](C)O)nc(N2CCOCC2)c1. The molecule has 2 fully saturated rings. The lowest BCUT2D eigenvalue weighted by Gasteiger charge is -2.29. The zero-order valence-electron chi connectivity index (χ0n) is 21.6. The van der Waals surface area contributed by atoms with Crippen molar-refractivity contribution in [1.29, 1.82) is 0 Å². The number of urea groups is 1. The highest BCUT2D eigenvalue weighted by molar-refractivity contribution is 5.90. The molecule has 2 amide bonds. The number of carbonyl (C=O) groups excluding carboxylic acids is 1. The van der Waals surface area contributed by atoms with E-state index in [0.29, 0.717) is 43.7 Å². The zero-order valence-corrected chi connectivity index (χ0v) is 21.6. The predicted octanol–water partition coefficient (Wildman–Crippen LogP) is 4.18. The van der Waals surface area contributed by atoms with Gasteiger partial charge in [-0.15, -0.1) is 13.2 Å². The van der Waals surface area contributed by atoms with E-state index in [4.69, 9.17) is 9.47 Å². The first-order valence-electron chi connectivity index (χ1n) is 12.6. The van der Waals surface area contributed by atoms with E-state index in [1.165, 1.54) is 4.90 Å². The van der Waals surface area contributed by atoms with E-state index in [1.54, 1.807) is 26.0 Å². The van der Waals surface area contributed by atoms with E-state index in [0.717, 1.165) is 16.7 Å². The lowest BCUT2D eigenvalue weighted by Crippen LogP contribution is -2.37. The molecule has 0 radical (unpaired) electrons. The van der Waals surface area contributed by atoms with Crippen LogP contribution in [0.25, 0.3) is 11.1 Å². The summed E-state index contributed by atoms with van der Waals surface area (Å²) in [5.74, 6) is 1.07. The smallest absolute Gasteiger partial charge is 0.472 e. The van der Waals surface area contributed by atoms with Crippen molar-refractivity contribution in [3.05, 3.63) is 35.9 Å². The lowest BCUT2D eigenvalue weighted by atomic mass is 10.00. The van der Waals surface area contributed by atoms with E-state index < -0.39 is 30.7 Å². The Kier molecular flexibility index (Phi) is 8.64. The summed E-state index contributed by atoms with van der Waals surface area (Å²) in [5, 5.41) is 12.7. The molecule has 0 unspecified atom stereocenters. The first kappa shape index (κ1) is 27.9. The fraction of sp³-hybridized carbons (Fsp3) is 0.538. The van der Waals surface area contributed by atoms with Crippen molar-refractivity contribution in [2.45, 2.75) is 51.9 Å². The third-order valence-corrected chi connectivity index (χ3v) is 6.64. The Morgan fingerprint density at radius 3 is 2.61 bits per heavy atom. The van der Waals surface area contributed by atoms with Crippen LogP contribution >= 0.6 is 0 Å². The van der Waals surface area contributed by atoms with Gasteiger partial charge in [-0.2, -0.15) is 4.98 Å². The van der Waals surface area contributed by atoms with Gasteiger partial charge in [0.15, 0.2) is 0 Å². The molecule has 38 heavy (non-hydrogen) atoms. The topological polar surface area (TPSA) is 96.4 Å². The molecule has 0 aliphatic carbocycles. The van der Waals surface area contributed by atoms with E-state index in [9.17, 15) is 23.1 Å². The van der Waals surface area contributed by atoms with Crippen molar-refractivity contribution in [2.75, 3.05) is 49.6 Å². The second kappa shape index (κ2) is 11.7. The summed E-state index contributed by atoms with van der Waals surface area (Å²) in [4.78, 5) is 20.8. The molecule has 2 aliphatic heterocycles. The van der Waals surface area contributed by atoms with Crippen molar-refractivity contribution in [1.82, 2.24) is 9.88 Å². The van der Waals surface area contributed by atoms with Crippen LogP contribution in [0.3, 0.4) is 0 Å². The van der Waals surface area contributed by atoms with Crippen LogP contribution in [0.15, 0.2) is 30.3 Å². The Morgan fingerprint density at radius 1 is 1.18 bits per heavy atom. The monoisotopic (exact) mass is 538 g/mol. The van der Waals surface area contributed by atoms with Crippen LogP contribution in [0.4, 0.5) is 29.5 Å². The lowest BCUT2D eigenvalue weighted by molar-refractivity contribution is -0.340. The van der Waals surface area contributed by atoms with Crippen molar-refractivity contribution < 1.29 is 37.3 Å². The minimum absolute atomic E-state index is 0.112. The van der Waals surface area contributed by atoms with Gasteiger partial charge >= 0.3 is 12.4 Å². The zero-order chi connectivity index (χ0) is 27.4. The maximum atomic E-state index is 12.8. The first-order valence-corrected chi connectivity index (χ1v) is 12.6. The summed E-state index contributed by atoms with van der Waals surface area (Å²) in [7, 11) is 0. The van der Waals surface area contributed by atoms with Gasteiger partial charge in [0, 0.05) is 37.9 Å². The van der Waals surface area contributed by atoms with Gasteiger partial charge in [-0.1, -0.05) is 6.07 Å². The number of rotatable bonds is 7. The first-order chi connectivity index (χ1) is 18.0. The van der Waals surface area contributed by atoms with Crippen LogP contribution in [0.2, 0.25) is 0 Å². The largest absolute Gasteiger partial charge is 0.522 e. The van der Waals surface area contributed by atoms with E-state index >= 15 is 0 Å². The molecule has 2 aliphatic rings. The van der Waals surface area contributed by atoms with Crippen LogP contribution in [-0.2, 0) is 9.47 Å². The normalized spacial score (nSPS) is 19.8.